The van der Waals surface area contributed by atoms with Gasteiger partial charge in [-0.15, -0.1) is 0 Å². The van der Waals surface area contributed by atoms with E-state index in [9.17, 15) is 0 Å². The molecular formula is C15H12Cl2N2O2. The number of anilines is 2. The lowest BCUT2D eigenvalue weighted by molar-refractivity contribution is 0.396. The van der Waals surface area contributed by atoms with Crippen LogP contribution in [0.3, 0.4) is 0 Å². The Morgan fingerprint density at radius 2 is 1.71 bits per heavy atom. The summed E-state index contributed by atoms with van der Waals surface area (Å²) in [5.74, 6) is 1.05. The predicted molar refractivity (Wildman–Crippen MR) is 84.0 cm³/mol. The number of hydrogen-bond donors (Lipinski definition) is 1. The second-order valence-electron chi connectivity index (χ2n) is 4.11. The summed E-state index contributed by atoms with van der Waals surface area (Å²) < 4.78 is 10.4. The van der Waals surface area contributed by atoms with Crippen LogP contribution in [-0.2, 0) is 0 Å². The number of benzene rings is 2. The molecule has 0 amide bonds. The molecule has 6 heteroatoms. The van der Waals surface area contributed by atoms with Crippen LogP contribution < -0.4 is 14.8 Å². The number of nitrogens with one attached hydrogen (secondary N) is 1. The topological polar surface area (TPSA) is 54.3 Å². The van der Waals surface area contributed by atoms with Gasteiger partial charge in [0.15, 0.2) is 0 Å². The van der Waals surface area contributed by atoms with Gasteiger partial charge < -0.3 is 14.8 Å². The monoisotopic (exact) mass is 322 g/mol. The van der Waals surface area contributed by atoms with Gasteiger partial charge in [0.25, 0.3) is 0 Å². The molecule has 1 N–H and O–H groups in total. The minimum Gasteiger partial charge on any atom is -0.495 e. The highest BCUT2D eigenvalue weighted by atomic mass is 35.5. The highest BCUT2D eigenvalue weighted by molar-refractivity contribution is 6.32. The van der Waals surface area contributed by atoms with E-state index in [4.69, 9.17) is 37.9 Å². The Kier molecular flexibility index (Phi) is 4.79. The van der Waals surface area contributed by atoms with Gasteiger partial charge in [0.1, 0.15) is 17.6 Å². The molecule has 0 saturated carbocycles. The Balaban J connectivity index is 2.47. The summed E-state index contributed by atoms with van der Waals surface area (Å²) in [7, 11) is 3.07. The standard InChI is InChI=1S/C15H12Cl2N2O2/c1-20-14-7-15(21-2)13(6-11(14)17)19-12-5-10(16)4-3-9(12)8-18/h3-7,19H,1-2H3. The normalized spacial score (nSPS) is 9.86. The molecule has 0 unspecified atom stereocenters. The Labute approximate surface area is 132 Å². The van der Waals surface area contributed by atoms with Crippen molar-refractivity contribution in [1.82, 2.24) is 0 Å². The lowest BCUT2D eigenvalue weighted by Gasteiger charge is -2.14. The third kappa shape index (κ3) is 3.33. The molecule has 0 saturated heterocycles. The molecule has 0 radical (unpaired) electrons. The fourth-order valence-electron chi connectivity index (χ4n) is 1.82. The third-order valence-electron chi connectivity index (χ3n) is 2.85. The van der Waals surface area contributed by atoms with Crippen molar-refractivity contribution >= 4 is 34.6 Å². The summed E-state index contributed by atoms with van der Waals surface area (Å²) in [6, 6.07) is 10.4. The Morgan fingerprint density at radius 3 is 2.33 bits per heavy atom. The SMILES string of the molecule is COc1cc(OC)c(Nc2cc(Cl)ccc2C#N)cc1Cl. The number of rotatable bonds is 4. The average Bonchev–Trinajstić information content (AvgIpc) is 2.48. The van der Waals surface area contributed by atoms with E-state index < -0.39 is 0 Å². The molecule has 21 heavy (non-hydrogen) atoms. The molecule has 2 rings (SSSR count). The minimum atomic E-state index is 0.432. The van der Waals surface area contributed by atoms with Crippen LogP contribution >= 0.6 is 23.2 Å². The average molecular weight is 323 g/mol. The van der Waals surface area contributed by atoms with Crippen LogP contribution in [0.4, 0.5) is 11.4 Å². The summed E-state index contributed by atoms with van der Waals surface area (Å²) in [6.45, 7) is 0. The molecule has 0 spiro atoms. The summed E-state index contributed by atoms with van der Waals surface area (Å²) in [6.07, 6.45) is 0. The molecule has 0 aliphatic heterocycles. The van der Waals surface area contributed by atoms with Gasteiger partial charge in [0.2, 0.25) is 0 Å². The highest BCUT2D eigenvalue weighted by Gasteiger charge is 2.12. The molecular weight excluding hydrogens is 311 g/mol. The molecule has 2 aromatic rings. The van der Waals surface area contributed by atoms with E-state index in [1.807, 2.05) is 0 Å². The van der Waals surface area contributed by atoms with Crippen molar-refractivity contribution in [3.63, 3.8) is 0 Å². The number of ether oxygens (including phenoxy) is 2. The highest BCUT2D eigenvalue weighted by Crippen LogP contribution is 2.38. The van der Waals surface area contributed by atoms with Gasteiger partial charge in [0, 0.05) is 11.1 Å². The molecule has 0 heterocycles. The number of hydrogen-bond acceptors (Lipinski definition) is 4. The van der Waals surface area contributed by atoms with E-state index in [0.29, 0.717) is 38.5 Å². The van der Waals surface area contributed by atoms with Gasteiger partial charge in [-0.05, 0) is 24.3 Å². The van der Waals surface area contributed by atoms with Crippen LogP contribution in [0, 0.1) is 11.3 Å². The molecule has 0 atom stereocenters. The maximum Gasteiger partial charge on any atom is 0.146 e. The lowest BCUT2D eigenvalue weighted by Crippen LogP contribution is -1.98. The second kappa shape index (κ2) is 6.57. The molecule has 0 aliphatic carbocycles. The third-order valence-corrected chi connectivity index (χ3v) is 3.38. The molecule has 2 aromatic carbocycles. The zero-order valence-electron chi connectivity index (χ0n) is 11.4. The van der Waals surface area contributed by atoms with Gasteiger partial charge in [-0.3, -0.25) is 0 Å². The van der Waals surface area contributed by atoms with Crippen molar-refractivity contribution in [3.8, 4) is 17.6 Å². The van der Waals surface area contributed by atoms with Crippen molar-refractivity contribution in [2.24, 2.45) is 0 Å². The van der Waals surface area contributed by atoms with Gasteiger partial charge in [-0.1, -0.05) is 23.2 Å². The van der Waals surface area contributed by atoms with Crippen LogP contribution in [-0.4, -0.2) is 14.2 Å². The van der Waals surface area contributed by atoms with E-state index in [1.54, 1.807) is 30.3 Å². The van der Waals surface area contributed by atoms with Crippen LogP contribution in [0.15, 0.2) is 30.3 Å². The fourth-order valence-corrected chi connectivity index (χ4v) is 2.23. The summed E-state index contributed by atoms with van der Waals surface area (Å²) in [5, 5.41) is 13.2. The van der Waals surface area contributed by atoms with Gasteiger partial charge in [-0.25, -0.2) is 0 Å². The fraction of sp³-hybridized carbons (Fsp3) is 0.133. The molecule has 4 nitrogen and oxygen atoms in total. The van der Waals surface area contributed by atoms with Crippen LogP contribution in [0.2, 0.25) is 10.0 Å². The summed E-state index contributed by atoms with van der Waals surface area (Å²) >= 11 is 12.1. The Morgan fingerprint density at radius 1 is 1.00 bits per heavy atom. The first-order valence-corrected chi connectivity index (χ1v) is 6.72. The van der Waals surface area contributed by atoms with Gasteiger partial charge in [-0.2, -0.15) is 5.26 Å². The number of nitrogens with zero attached hydrogens (tertiary/aromatic N) is 1. The van der Waals surface area contributed by atoms with Gasteiger partial charge >= 0.3 is 0 Å². The van der Waals surface area contributed by atoms with E-state index in [-0.39, 0.29) is 0 Å². The maximum absolute atomic E-state index is 9.14. The molecule has 108 valence electrons. The number of halogens is 2. The zero-order valence-corrected chi connectivity index (χ0v) is 12.9. The first-order chi connectivity index (χ1) is 10.1. The maximum atomic E-state index is 9.14. The largest absolute Gasteiger partial charge is 0.495 e. The predicted octanol–water partition coefficient (Wildman–Crippen LogP) is 4.63. The first kappa shape index (κ1) is 15.3. The Hall–Kier alpha value is -2.09. The van der Waals surface area contributed by atoms with Gasteiger partial charge in [0.05, 0.1) is 36.2 Å². The van der Waals surface area contributed by atoms with Crippen molar-refractivity contribution in [3.05, 3.63) is 45.9 Å². The van der Waals surface area contributed by atoms with Crippen LogP contribution in [0.25, 0.3) is 0 Å². The lowest BCUT2D eigenvalue weighted by atomic mass is 10.2. The quantitative estimate of drug-likeness (QED) is 0.891. The van der Waals surface area contributed by atoms with Crippen molar-refractivity contribution in [2.45, 2.75) is 0 Å². The molecule has 0 aromatic heterocycles. The Bertz CT molecular complexity index is 712. The summed E-state index contributed by atoms with van der Waals surface area (Å²) in [4.78, 5) is 0. The number of methoxy groups -OCH3 is 2. The van der Waals surface area contributed by atoms with E-state index in [0.717, 1.165) is 0 Å². The van der Waals surface area contributed by atoms with E-state index in [2.05, 4.69) is 11.4 Å². The second-order valence-corrected chi connectivity index (χ2v) is 4.96. The molecule has 0 fully saturated rings. The molecule has 0 bridgehead atoms. The van der Waals surface area contributed by atoms with Crippen molar-refractivity contribution in [2.75, 3.05) is 19.5 Å². The summed E-state index contributed by atoms with van der Waals surface area (Å²) in [5.41, 5.74) is 1.65. The molecule has 0 aliphatic rings. The van der Waals surface area contributed by atoms with Crippen LogP contribution in [0.1, 0.15) is 5.56 Å². The number of nitriles is 1. The van der Waals surface area contributed by atoms with E-state index in [1.165, 1.54) is 14.2 Å². The zero-order chi connectivity index (χ0) is 15.4. The first-order valence-electron chi connectivity index (χ1n) is 5.97. The van der Waals surface area contributed by atoms with Crippen molar-refractivity contribution < 1.29 is 9.47 Å². The van der Waals surface area contributed by atoms with Crippen LogP contribution in [0.5, 0.6) is 11.5 Å². The smallest absolute Gasteiger partial charge is 0.146 e. The minimum absolute atomic E-state index is 0.432. The van der Waals surface area contributed by atoms with Crippen molar-refractivity contribution in [1.29, 1.82) is 5.26 Å². The van der Waals surface area contributed by atoms with E-state index >= 15 is 0 Å².